The standard InChI is InChI=1S/C21H21N5O4S2/c1-12-6-5-7-14(8-12)22-20-25-26-21(32-20)31-11-17-23-24-19(30-17)13-9-15(27-2)18(29-4)16(10-13)28-3/h5-10H,11H2,1-4H3,(H,22,25). The van der Waals surface area contributed by atoms with E-state index in [9.17, 15) is 0 Å². The maximum Gasteiger partial charge on any atom is 0.248 e. The maximum absolute atomic E-state index is 5.83. The first-order valence-electron chi connectivity index (χ1n) is 9.52. The lowest BCUT2D eigenvalue weighted by atomic mass is 10.2. The van der Waals surface area contributed by atoms with Crippen LogP contribution in [0.2, 0.25) is 0 Å². The fraction of sp³-hybridized carbons (Fsp3) is 0.238. The molecule has 166 valence electrons. The number of benzene rings is 2. The van der Waals surface area contributed by atoms with Crippen LogP contribution < -0.4 is 19.5 Å². The van der Waals surface area contributed by atoms with Crippen molar-refractivity contribution in [2.24, 2.45) is 0 Å². The molecule has 0 saturated carbocycles. The van der Waals surface area contributed by atoms with Gasteiger partial charge in [-0.2, -0.15) is 0 Å². The van der Waals surface area contributed by atoms with Crippen LogP contribution in [0.25, 0.3) is 11.5 Å². The minimum absolute atomic E-state index is 0.360. The van der Waals surface area contributed by atoms with Gasteiger partial charge in [-0.05, 0) is 36.8 Å². The number of rotatable bonds is 9. The largest absolute Gasteiger partial charge is 0.493 e. The molecule has 0 atom stereocenters. The van der Waals surface area contributed by atoms with Crippen LogP contribution in [0.3, 0.4) is 0 Å². The second-order valence-corrected chi connectivity index (χ2v) is 8.77. The number of hydrogen-bond donors (Lipinski definition) is 1. The number of aryl methyl sites for hydroxylation is 1. The first-order chi connectivity index (χ1) is 15.6. The Bertz CT molecular complexity index is 1190. The third-order valence-corrected chi connectivity index (χ3v) is 6.33. The molecule has 0 aliphatic carbocycles. The molecule has 0 aliphatic heterocycles. The van der Waals surface area contributed by atoms with Gasteiger partial charge < -0.3 is 23.9 Å². The van der Waals surface area contributed by atoms with Gasteiger partial charge in [-0.1, -0.05) is 35.2 Å². The highest BCUT2D eigenvalue weighted by atomic mass is 32.2. The molecule has 11 heteroatoms. The molecule has 0 radical (unpaired) electrons. The smallest absolute Gasteiger partial charge is 0.248 e. The van der Waals surface area contributed by atoms with Crippen LogP contribution in [-0.2, 0) is 5.75 Å². The Morgan fingerprint density at radius 2 is 1.75 bits per heavy atom. The molecule has 2 aromatic carbocycles. The number of methoxy groups -OCH3 is 3. The highest BCUT2D eigenvalue weighted by Gasteiger charge is 2.18. The Hall–Kier alpha value is -3.31. The fourth-order valence-electron chi connectivity index (χ4n) is 2.92. The Kier molecular flexibility index (Phi) is 6.76. The zero-order chi connectivity index (χ0) is 22.5. The summed E-state index contributed by atoms with van der Waals surface area (Å²) in [5.74, 6) is 2.83. The Morgan fingerprint density at radius 1 is 0.969 bits per heavy atom. The molecule has 0 fully saturated rings. The summed E-state index contributed by atoms with van der Waals surface area (Å²) >= 11 is 2.94. The van der Waals surface area contributed by atoms with E-state index < -0.39 is 0 Å². The predicted molar refractivity (Wildman–Crippen MR) is 123 cm³/mol. The van der Waals surface area contributed by atoms with Crippen LogP contribution in [-0.4, -0.2) is 41.7 Å². The van der Waals surface area contributed by atoms with E-state index in [1.807, 2.05) is 25.1 Å². The number of hydrogen-bond acceptors (Lipinski definition) is 11. The molecule has 0 aliphatic rings. The molecular formula is C21H21N5O4S2. The van der Waals surface area contributed by atoms with Crippen LogP contribution in [0.15, 0.2) is 45.2 Å². The minimum atomic E-state index is 0.360. The summed E-state index contributed by atoms with van der Waals surface area (Å²) in [6.07, 6.45) is 0. The molecule has 0 amide bonds. The highest BCUT2D eigenvalue weighted by Crippen LogP contribution is 2.41. The summed E-state index contributed by atoms with van der Waals surface area (Å²) in [5.41, 5.74) is 2.82. The van der Waals surface area contributed by atoms with E-state index in [1.54, 1.807) is 33.5 Å². The second kappa shape index (κ2) is 9.88. The van der Waals surface area contributed by atoms with Crippen LogP contribution in [0, 0.1) is 6.92 Å². The van der Waals surface area contributed by atoms with E-state index in [0.29, 0.717) is 40.3 Å². The molecule has 0 saturated heterocycles. The van der Waals surface area contributed by atoms with Crippen molar-refractivity contribution in [3.05, 3.63) is 47.9 Å². The number of nitrogens with zero attached hydrogens (tertiary/aromatic N) is 4. The molecule has 0 bridgehead atoms. The third kappa shape index (κ3) is 4.94. The van der Waals surface area contributed by atoms with E-state index in [-0.39, 0.29) is 0 Å². The van der Waals surface area contributed by atoms with E-state index >= 15 is 0 Å². The summed E-state index contributed by atoms with van der Waals surface area (Å²) in [4.78, 5) is 0. The van der Waals surface area contributed by atoms with Gasteiger partial charge >= 0.3 is 0 Å². The van der Waals surface area contributed by atoms with Crippen molar-refractivity contribution >= 4 is 33.9 Å². The van der Waals surface area contributed by atoms with Gasteiger partial charge in [0.05, 0.1) is 27.1 Å². The fourth-order valence-corrected chi connectivity index (χ4v) is 4.53. The molecular weight excluding hydrogens is 450 g/mol. The lowest BCUT2D eigenvalue weighted by molar-refractivity contribution is 0.324. The van der Waals surface area contributed by atoms with Gasteiger partial charge in [0.2, 0.25) is 22.7 Å². The average molecular weight is 472 g/mol. The molecule has 0 unspecified atom stereocenters. The van der Waals surface area contributed by atoms with E-state index in [0.717, 1.165) is 15.2 Å². The summed E-state index contributed by atoms with van der Waals surface area (Å²) in [7, 11) is 4.67. The Labute approximate surface area is 193 Å². The van der Waals surface area contributed by atoms with E-state index in [2.05, 4.69) is 31.8 Å². The van der Waals surface area contributed by atoms with Crippen molar-refractivity contribution < 1.29 is 18.6 Å². The summed E-state index contributed by atoms with van der Waals surface area (Å²) in [6.45, 7) is 2.04. The summed E-state index contributed by atoms with van der Waals surface area (Å²) in [5, 5.41) is 20.7. The van der Waals surface area contributed by atoms with Crippen molar-refractivity contribution in [2.75, 3.05) is 26.6 Å². The third-order valence-electron chi connectivity index (χ3n) is 4.37. The quantitative estimate of drug-likeness (QED) is 0.337. The molecule has 4 rings (SSSR count). The molecule has 0 spiro atoms. The van der Waals surface area contributed by atoms with Crippen molar-refractivity contribution in [2.45, 2.75) is 17.0 Å². The topological polar surface area (TPSA) is 104 Å². The average Bonchev–Trinajstić information content (AvgIpc) is 3.46. The summed E-state index contributed by atoms with van der Waals surface area (Å²) < 4.78 is 22.7. The monoisotopic (exact) mass is 471 g/mol. The number of ether oxygens (including phenoxy) is 3. The van der Waals surface area contributed by atoms with Gasteiger partial charge in [0.25, 0.3) is 0 Å². The zero-order valence-corrected chi connectivity index (χ0v) is 19.5. The van der Waals surface area contributed by atoms with Crippen molar-refractivity contribution in [3.63, 3.8) is 0 Å². The lowest BCUT2D eigenvalue weighted by Gasteiger charge is -2.12. The van der Waals surface area contributed by atoms with Crippen molar-refractivity contribution in [1.82, 2.24) is 20.4 Å². The summed E-state index contributed by atoms with van der Waals surface area (Å²) in [6, 6.07) is 11.6. The molecule has 4 aromatic rings. The van der Waals surface area contributed by atoms with Gasteiger partial charge in [0.15, 0.2) is 15.8 Å². The SMILES string of the molecule is COc1cc(-c2nnc(CSc3nnc(Nc4cccc(C)c4)s3)o2)cc(OC)c1OC. The normalized spacial score (nSPS) is 10.8. The number of nitrogens with one attached hydrogen (secondary N) is 1. The second-order valence-electron chi connectivity index (χ2n) is 6.57. The first-order valence-corrected chi connectivity index (χ1v) is 11.3. The first kappa shape index (κ1) is 21.9. The van der Waals surface area contributed by atoms with Crippen molar-refractivity contribution in [1.29, 1.82) is 0 Å². The highest BCUT2D eigenvalue weighted by molar-refractivity contribution is 8.00. The molecule has 2 aromatic heterocycles. The van der Waals surface area contributed by atoms with Crippen LogP contribution >= 0.6 is 23.1 Å². The Morgan fingerprint density at radius 3 is 2.44 bits per heavy atom. The van der Waals surface area contributed by atoms with Crippen LogP contribution in [0.1, 0.15) is 11.5 Å². The minimum Gasteiger partial charge on any atom is -0.493 e. The molecule has 9 nitrogen and oxygen atoms in total. The van der Waals surface area contributed by atoms with Crippen LogP contribution in [0.5, 0.6) is 17.2 Å². The van der Waals surface area contributed by atoms with Gasteiger partial charge in [0.1, 0.15) is 0 Å². The lowest BCUT2D eigenvalue weighted by Crippen LogP contribution is -1.95. The number of aromatic nitrogens is 4. The van der Waals surface area contributed by atoms with E-state index in [4.69, 9.17) is 18.6 Å². The number of thioether (sulfide) groups is 1. The Balaban J connectivity index is 1.43. The van der Waals surface area contributed by atoms with Gasteiger partial charge in [-0.3, -0.25) is 0 Å². The molecule has 2 heterocycles. The van der Waals surface area contributed by atoms with Crippen LogP contribution in [0.4, 0.5) is 10.8 Å². The predicted octanol–water partition coefficient (Wildman–Crippen LogP) is 4.96. The molecule has 1 N–H and O–H groups in total. The van der Waals surface area contributed by atoms with Crippen molar-refractivity contribution in [3.8, 4) is 28.7 Å². The number of anilines is 2. The van der Waals surface area contributed by atoms with Gasteiger partial charge in [0, 0.05) is 11.3 Å². The molecule has 32 heavy (non-hydrogen) atoms. The van der Waals surface area contributed by atoms with Gasteiger partial charge in [-0.15, -0.1) is 20.4 Å². The zero-order valence-electron chi connectivity index (χ0n) is 17.9. The maximum atomic E-state index is 5.83. The van der Waals surface area contributed by atoms with Gasteiger partial charge in [-0.25, -0.2) is 0 Å². The van der Waals surface area contributed by atoms with E-state index in [1.165, 1.54) is 28.7 Å².